The Balaban J connectivity index is 1.77. The van der Waals surface area contributed by atoms with Crippen LogP contribution in [0.15, 0.2) is 18.2 Å². The van der Waals surface area contributed by atoms with Crippen LogP contribution in [0.4, 0.5) is 0 Å². The molecule has 0 amide bonds. The van der Waals surface area contributed by atoms with Crippen molar-refractivity contribution in [1.29, 1.82) is 0 Å². The number of nitrogens with zero attached hydrogens (tertiary/aromatic N) is 1. The fraction of sp³-hybridized carbons (Fsp3) is 0.538. The average molecular weight is 274 g/mol. The molecule has 2 nitrogen and oxygen atoms in total. The van der Waals surface area contributed by atoms with Gasteiger partial charge >= 0.3 is 0 Å². The Labute approximate surface area is 112 Å². The average Bonchev–Trinajstić information content (AvgIpc) is 2.29. The van der Waals surface area contributed by atoms with Crippen LogP contribution in [-0.4, -0.2) is 37.7 Å². The van der Waals surface area contributed by atoms with Gasteiger partial charge in [-0.05, 0) is 43.1 Å². The van der Waals surface area contributed by atoms with Gasteiger partial charge in [-0.2, -0.15) is 0 Å². The molecule has 0 radical (unpaired) electrons. The van der Waals surface area contributed by atoms with Gasteiger partial charge in [-0.1, -0.05) is 23.2 Å². The zero-order chi connectivity index (χ0) is 12.1. The van der Waals surface area contributed by atoms with Gasteiger partial charge in [0, 0.05) is 23.1 Å². The van der Waals surface area contributed by atoms with Gasteiger partial charge in [0.05, 0.1) is 13.2 Å². The summed E-state index contributed by atoms with van der Waals surface area (Å²) in [7, 11) is 0. The van der Waals surface area contributed by atoms with E-state index in [-0.39, 0.29) is 0 Å². The first-order valence-electron chi connectivity index (χ1n) is 5.99. The van der Waals surface area contributed by atoms with E-state index < -0.39 is 0 Å². The Hall–Kier alpha value is -0.280. The summed E-state index contributed by atoms with van der Waals surface area (Å²) >= 11 is 11.9. The summed E-state index contributed by atoms with van der Waals surface area (Å²) in [5.41, 5.74) is 1.22. The number of rotatable bonds is 4. The fourth-order valence-corrected chi connectivity index (χ4v) is 2.66. The van der Waals surface area contributed by atoms with Gasteiger partial charge < -0.3 is 4.74 Å². The highest BCUT2D eigenvalue weighted by Gasteiger charge is 2.09. The highest BCUT2D eigenvalue weighted by atomic mass is 35.5. The molecule has 0 atom stereocenters. The molecule has 0 aromatic heterocycles. The van der Waals surface area contributed by atoms with Crippen molar-refractivity contribution in [3.63, 3.8) is 0 Å². The first-order chi connectivity index (χ1) is 8.24. The minimum absolute atomic E-state index is 0.721. The number of hydrogen-bond acceptors (Lipinski definition) is 2. The number of ether oxygens (including phenoxy) is 1. The third-order valence-electron chi connectivity index (χ3n) is 2.97. The van der Waals surface area contributed by atoms with Crippen molar-refractivity contribution in [3.8, 4) is 0 Å². The molecule has 1 aromatic carbocycles. The minimum Gasteiger partial charge on any atom is -0.379 e. The third kappa shape index (κ3) is 4.47. The van der Waals surface area contributed by atoms with Crippen LogP contribution in [0.25, 0.3) is 0 Å². The van der Waals surface area contributed by atoms with Crippen molar-refractivity contribution < 1.29 is 4.74 Å². The monoisotopic (exact) mass is 273 g/mol. The van der Waals surface area contributed by atoms with E-state index in [1.807, 2.05) is 12.1 Å². The lowest BCUT2D eigenvalue weighted by Gasteiger charge is -2.26. The largest absolute Gasteiger partial charge is 0.379 e. The van der Waals surface area contributed by atoms with Gasteiger partial charge in [0.15, 0.2) is 0 Å². The molecule has 1 aliphatic rings. The van der Waals surface area contributed by atoms with Crippen molar-refractivity contribution in [2.45, 2.75) is 12.8 Å². The normalized spacial score (nSPS) is 17.3. The molecule has 94 valence electrons. The molecule has 0 spiro atoms. The number of benzene rings is 1. The van der Waals surface area contributed by atoms with Crippen LogP contribution in [-0.2, 0) is 11.2 Å². The second-order valence-electron chi connectivity index (χ2n) is 4.34. The van der Waals surface area contributed by atoms with E-state index >= 15 is 0 Å². The lowest BCUT2D eigenvalue weighted by atomic mass is 10.1. The van der Waals surface area contributed by atoms with E-state index in [4.69, 9.17) is 27.9 Å². The first-order valence-corrected chi connectivity index (χ1v) is 6.75. The number of hydrogen-bond donors (Lipinski definition) is 0. The summed E-state index contributed by atoms with van der Waals surface area (Å²) in [6.45, 7) is 4.95. The lowest BCUT2D eigenvalue weighted by Crippen LogP contribution is -2.36. The quantitative estimate of drug-likeness (QED) is 0.835. The summed E-state index contributed by atoms with van der Waals surface area (Å²) in [5.74, 6) is 0. The molecule has 0 N–H and O–H groups in total. The van der Waals surface area contributed by atoms with Crippen molar-refractivity contribution >= 4 is 23.2 Å². The lowest BCUT2D eigenvalue weighted by molar-refractivity contribution is 0.0375. The molecular weight excluding hydrogens is 257 g/mol. The summed E-state index contributed by atoms with van der Waals surface area (Å²) < 4.78 is 5.32. The van der Waals surface area contributed by atoms with Crippen LogP contribution in [0.5, 0.6) is 0 Å². The van der Waals surface area contributed by atoms with Crippen LogP contribution in [0.3, 0.4) is 0 Å². The Morgan fingerprint density at radius 1 is 1.06 bits per heavy atom. The van der Waals surface area contributed by atoms with Gasteiger partial charge in [-0.25, -0.2) is 0 Å². The molecule has 1 aromatic rings. The predicted molar refractivity (Wildman–Crippen MR) is 72.0 cm³/mol. The number of aryl methyl sites for hydroxylation is 1. The van der Waals surface area contributed by atoms with Gasteiger partial charge in [0.2, 0.25) is 0 Å². The van der Waals surface area contributed by atoms with Gasteiger partial charge in [0.1, 0.15) is 0 Å². The van der Waals surface area contributed by atoms with Crippen LogP contribution in [0, 0.1) is 0 Å². The predicted octanol–water partition coefficient (Wildman–Crippen LogP) is 3.26. The van der Waals surface area contributed by atoms with Gasteiger partial charge in [-0.15, -0.1) is 0 Å². The van der Waals surface area contributed by atoms with Crippen LogP contribution in [0.1, 0.15) is 12.0 Å². The topological polar surface area (TPSA) is 12.5 Å². The molecule has 0 bridgehead atoms. The first kappa shape index (κ1) is 13.2. The van der Waals surface area contributed by atoms with Crippen molar-refractivity contribution in [2.75, 3.05) is 32.8 Å². The van der Waals surface area contributed by atoms with E-state index in [9.17, 15) is 0 Å². The molecule has 0 unspecified atom stereocenters. The second-order valence-corrected chi connectivity index (χ2v) is 5.21. The summed E-state index contributed by atoms with van der Waals surface area (Å²) in [4.78, 5) is 2.44. The Bertz CT molecular complexity index is 344. The van der Waals surface area contributed by atoms with Crippen LogP contribution < -0.4 is 0 Å². The molecule has 2 rings (SSSR count). The standard InChI is InChI=1S/C13H17Cl2NO/c14-12-8-11(9-13(15)10-12)2-1-3-16-4-6-17-7-5-16/h8-10H,1-7H2. The third-order valence-corrected chi connectivity index (χ3v) is 3.40. The van der Waals surface area contributed by atoms with E-state index in [1.165, 1.54) is 5.56 Å². The Morgan fingerprint density at radius 2 is 1.71 bits per heavy atom. The van der Waals surface area contributed by atoms with Crippen LogP contribution in [0.2, 0.25) is 10.0 Å². The van der Waals surface area contributed by atoms with E-state index in [2.05, 4.69) is 4.90 Å². The van der Waals surface area contributed by atoms with Crippen molar-refractivity contribution in [2.24, 2.45) is 0 Å². The smallest absolute Gasteiger partial charge is 0.0594 e. The van der Waals surface area contributed by atoms with Gasteiger partial charge in [0.25, 0.3) is 0 Å². The number of halogens is 2. The maximum atomic E-state index is 5.97. The molecule has 17 heavy (non-hydrogen) atoms. The summed E-state index contributed by atoms with van der Waals surface area (Å²) in [5, 5.41) is 1.44. The molecule has 1 saturated heterocycles. The molecule has 1 heterocycles. The zero-order valence-electron chi connectivity index (χ0n) is 9.79. The fourth-order valence-electron chi connectivity index (χ4n) is 2.09. The highest BCUT2D eigenvalue weighted by Crippen LogP contribution is 2.20. The van der Waals surface area contributed by atoms with Crippen LogP contribution >= 0.6 is 23.2 Å². The molecule has 0 aliphatic carbocycles. The molecule has 1 fully saturated rings. The molecular formula is C13H17Cl2NO. The Morgan fingerprint density at radius 3 is 2.35 bits per heavy atom. The molecule has 0 saturated carbocycles. The second kappa shape index (κ2) is 6.60. The van der Waals surface area contributed by atoms with Crippen molar-refractivity contribution in [1.82, 2.24) is 4.90 Å². The Kier molecular flexibility index (Phi) is 5.11. The molecule has 1 aliphatic heterocycles. The number of morpholine rings is 1. The zero-order valence-corrected chi connectivity index (χ0v) is 11.3. The van der Waals surface area contributed by atoms with E-state index in [1.54, 1.807) is 6.07 Å². The maximum absolute atomic E-state index is 5.97. The van der Waals surface area contributed by atoms with E-state index in [0.29, 0.717) is 0 Å². The van der Waals surface area contributed by atoms with E-state index in [0.717, 1.165) is 55.7 Å². The maximum Gasteiger partial charge on any atom is 0.0594 e. The van der Waals surface area contributed by atoms with Crippen molar-refractivity contribution in [3.05, 3.63) is 33.8 Å². The highest BCUT2D eigenvalue weighted by molar-refractivity contribution is 6.34. The minimum atomic E-state index is 0.721. The SMILES string of the molecule is Clc1cc(Cl)cc(CCCN2CCOCC2)c1. The summed E-state index contributed by atoms with van der Waals surface area (Å²) in [6.07, 6.45) is 2.16. The van der Waals surface area contributed by atoms with Gasteiger partial charge in [-0.3, -0.25) is 4.90 Å². The summed E-state index contributed by atoms with van der Waals surface area (Å²) in [6, 6.07) is 5.76. The molecule has 4 heteroatoms.